The van der Waals surface area contributed by atoms with E-state index >= 15 is 0 Å². The van der Waals surface area contributed by atoms with Crippen molar-refractivity contribution in [3.8, 4) is 5.75 Å². The van der Waals surface area contributed by atoms with Crippen LogP contribution in [-0.4, -0.2) is 39.4 Å². The smallest absolute Gasteiger partial charge is 0.191 e. The van der Waals surface area contributed by atoms with Gasteiger partial charge in [-0.1, -0.05) is 36.4 Å². The highest BCUT2D eigenvalue weighted by Crippen LogP contribution is 2.11. The molecule has 166 valence electrons. The first-order valence-corrected chi connectivity index (χ1v) is 10.1. The molecular weight excluding hydrogens is 493 g/mol. The first-order valence-electron chi connectivity index (χ1n) is 10.1. The summed E-state index contributed by atoms with van der Waals surface area (Å²) in [5.41, 5.74) is 3.46. The van der Waals surface area contributed by atoms with Crippen molar-refractivity contribution in [2.24, 2.45) is 4.99 Å². The Morgan fingerprint density at radius 3 is 2.33 bits per heavy atom. The van der Waals surface area contributed by atoms with Crippen molar-refractivity contribution in [1.29, 1.82) is 0 Å². The summed E-state index contributed by atoms with van der Waals surface area (Å²) in [6.45, 7) is 8.69. The van der Waals surface area contributed by atoms with Crippen LogP contribution in [0.25, 0.3) is 0 Å². The monoisotopic (exact) mass is 527 g/mol. The fourth-order valence-corrected chi connectivity index (χ4v) is 2.71. The van der Waals surface area contributed by atoms with Crippen molar-refractivity contribution in [2.75, 3.05) is 33.5 Å². The van der Waals surface area contributed by atoms with E-state index in [0.717, 1.165) is 36.0 Å². The Balaban J connectivity index is 0.00000450. The summed E-state index contributed by atoms with van der Waals surface area (Å²) in [7, 11) is 1.67. The molecule has 0 aliphatic carbocycles. The SMILES string of the molecule is CCNC(=NCc1cccc(COCCOCC)c1)NCc1ccc(OC)cc1.I. The molecule has 7 heteroatoms. The third-order valence-corrected chi connectivity index (χ3v) is 4.22. The molecule has 2 N–H and O–H groups in total. The fourth-order valence-electron chi connectivity index (χ4n) is 2.71. The van der Waals surface area contributed by atoms with Gasteiger partial charge in [0, 0.05) is 19.7 Å². The molecule has 0 radical (unpaired) electrons. The normalized spacial score (nSPS) is 11.0. The van der Waals surface area contributed by atoms with Crippen molar-refractivity contribution in [2.45, 2.75) is 33.5 Å². The molecule has 0 atom stereocenters. The summed E-state index contributed by atoms with van der Waals surface area (Å²) in [6, 6.07) is 16.4. The van der Waals surface area contributed by atoms with Gasteiger partial charge in [0.15, 0.2) is 5.96 Å². The maximum absolute atomic E-state index is 5.65. The largest absolute Gasteiger partial charge is 0.497 e. The van der Waals surface area contributed by atoms with E-state index in [4.69, 9.17) is 19.2 Å². The Bertz CT molecular complexity index is 739. The molecular formula is C23H34IN3O3. The zero-order chi connectivity index (χ0) is 20.7. The predicted molar refractivity (Wildman–Crippen MR) is 133 cm³/mol. The van der Waals surface area contributed by atoms with Crippen molar-refractivity contribution in [3.05, 3.63) is 65.2 Å². The summed E-state index contributed by atoms with van der Waals surface area (Å²) < 4.78 is 16.1. The van der Waals surface area contributed by atoms with E-state index in [-0.39, 0.29) is 24.0 Å². The quantitative estimate of drug-likeness (QED) is 0.188. The lowest BCUT2D eigenvalue weighted by atomic mass is 10.1. The van der Waals surface area contributed by atoms with Gasteiger partial charge in [-0.2, -0.15) is 0 Å². The Morgan fingerprint density at radius 2 is 1.63 bits per heavy atom. The molecule has 2 rings (SSSR count). The Labute approximate surface area is 197 Å². The zero-order valence-corrected chi connectivity index (χ0v) is 20.5. The second kappa shape index (κ2) is 15.9. The second-order valence-electron chi connectivity index (χ2n) is 6.47. The fraction of sp³-hybridized carbons (Fsp3) is 0.435. The Hall–Kier alpha value is -1.84. The number of aliphatic imine (C=N–C) groups is 1. The molecule has 2 aromatic rings. The van der Waals surface area contributed by atoms with Gasteiger partial charge in [0.1, 0.15) is 5.75 Å². The van der Waals surface area contributed by atoms with Crippen LogP contribution in [0.15, 0.2) is 53.5 Å². The molecule has 0 aliphatic heterocycles. The summed E-state index contributed by atoms with van der Waals surface area (Å²) in [6.07, 6.45) is 0. The average Bonchev–Trinajstić information content (AvgIpc) is 2.76. The first-order chi connectivity index (χ1) is 14.2. The van der Waals surface area contributed by atoms with Crippen LogP contribution in [0.5, 0.6) is 5.75 Å². The summed E-state index contributed by atoms with van der Waals surface area (Å²) in [4.78, 5) is 4.70. The molecule has 0 amide bonds. The third-order valence-electron chi connectivity index (χ3n) is 4.22. The second-order valence-corrected chi connectivity index (χ2v) is 6.47. The van der Waals surface area contributed by atoms with Crippen molar-refractivity contribution in [3.63, 3.8) is 0 Å². The molecule has 0 unspecified atom stereocenters. The predicted octanol–water partition coefficient (Wildman–Crippen LogP) is 4.12. The van der Waals surface area contributed by atoms with E-state index in [0.29, 0.717) is 32.9 Å². The molecule has 0 heterocycles. The molecule has 0 saturated heterocycles. The van der Waals surface area contributed by atoms with Crippen LogP contribution in [0.1, 0.15) is 30.5 Å². The number of guanidine groups is 1. The van der Waals surface area contributed by atoms with Gasteiger partial charge in [0.2, 0.25) is 0 Å². The highest BCUT2D eigenvalue weighted by molar-refractivity contribution is 14.0. The molecule has 30 heavy (non-hydrogen) atoms. The van der Waals surface area contributed by atoms with Gasteiger partial charge in [-0.25, -0.2) is 4.99 Å². The maximum atomic E-state index is 5.65. The Morgan fingerprint density at radius 1 is 0.900 bits per heavy atom. The minimum Gasteiger partial charge on any atom is -0.497 e. The van der Waals surface area contributed by atoms with Crippen LogP contribution < -0.4 is 15.4 Å². The van der Waals surface area contributed by atoms with Gasteiger partial charge in [-0.15, -0.1) is 24.0 Å². The lowest BCUT2D eigenvalue weighted by Gasteiger charge is -2.12. The number of nitrogens with one attached hydrogen (secondary N) is 2. The van der Waals surface area contributed by atoms with E-state index in [1.54, 1.807) is 7.11 Å². The molecule has 0 spiro atoms. The molecule has 2 aromatic carbocycles. The standard InChI is InChI=1S/C23H33N3O3.HI/c1-4-24-23(25-16-19-9-11-22(27-3)12-10-19)26-17-20-7-6-8-21(15-20)18-29-14-13-28-5-2;/h6-12,15H,4-5,13-14,16-18H2,1-3H3,(H2,24,25,26);1H. The minimum atomic E-state index is 0. The van der Waals surface area contributed by atoms with Crippen LogP contribution in [0, 0.1) is 0 Å². The van der Waals surface area contributed by atoms with Crippen molar-refractivity contribution in [1.82, 2.24) is 10.6 Å². The lowest BCUT2D eigenvalue weighted by molar-refractivity contribution is 0.0453. The lowest BCUT2D eigenvalue weighted by Crippen LogP contribution is -2.36. The summed E-state index contributed by atoms with van der Waals surface area (Å²) in [5, 5.41) is 6.66. The van der Waals surface area contributed by atoms with Gasteiger partial charge in [0.25, 0.3) is 0 Å². The van der Waals surface area contributed by atoms with Gasteiger partial charge >= 0.3 is 0 Å². The van der Waals surface area contributed by atoms with Crippen LogP contribution in [-0.2, 0) is 29.2 Å². The summed E-state index contributed by atoms with van der Waals surface area (Å²) >= 11 is 0. The van der Waals surface area contributed by atoms with Gasteiger partial charge in [0.05, 0.1) is 33.5 Å². The number of benzene rings is 2. The zero-order valence-electron chi connectivity index (χ0n) is 18.1. The van der Waals surface area contributed by atoms with Gasteiger partial charge in [-0.3, -0.25) is 0 Å². The highest BCUT2D eigenvalue weighted by Gasteiger charge is 2.01. The maximum Gasteiger partial charge on any atom is 0.191 e. The van der Waals surface area contributed by atoms with Crippen molar-refractivity contribution < 1.29 is 14.2 Å². The number of halogens is 1. The average molecular weight is 527 g/mol. The van der Waals surface area contributed by atoms with E-state index < -0.39 is 0 Å². The highest BCUT2D eigenvalue weighted by atomic mass is 127. The molecule has 0 aromatic heterocycles. The molecule has 0 aliphatic rings. The first kappa shape index (κ1) is 26.2. The molecule has 0 saturated carbocycles. The van der Waals surface area contributed by atoms with E-state index in [2.05, 4.69) is 35.8 Å². The van der Waals surface area contributed by atoms with Gasteiger partial charge < -0.3 is 24.8 Å². The molecule has 6 nitrogen and oxygen atoms in total. The number of rotatable bonds is 12. The molecule has 0 bridgehead atoms. The van der Waals surface area contributed by atoms with Crippen LogP contribution in [0.4, 0.5) is 0 Å². The topological polar surface area (TPSA) is 64.1 Å². The van der Waals surface area contributed by atoms with Crippen LogP contribution in [0.2, 0.25) is 0 Å². The minimum absolute atomic E-state index is 0. The summed E-state index contributed by atoms with van der Waals surface area (Å²) in [5.74, 6) is 1.65. The van der Waals surface area contributed by atoms with Crippen LogP contribution in [0.3, 0.4) is 0 Å². The number of ether oxygens (including phenoxy) is 3. The van der Waals surface area contributed by atoms with Crippen LogP contribution >= 0.6 is 24.0 Å². The van der Waals surface area contributed by atoms with Gasteiger partial charge in [-0.05, 0) is 42.7 Å². The Kier molecular flexibility index (Phi) is 13.9. The van der Waals surface area contributed by atoms with Crippen molar-refractivity contribution >= 4 is 29.9 Å². The number of hydrogen-bond acceptors (Lipinski definition) is 4. The number of hydrogen-bond donors (Lipinski definition) is 2. The number of nitrogens with zero attached hydrogens (tertiary/aromatic N) is 1. The number of methoxy groups -OCH3 is 1. The van der Waals surface area contributed by atoms with E-state index in [9.17, 15) is 0 Å². The molecule has 0 fully saturated rings. The van der Waals surface area contributed by atoms with E-state index in [1.165, 1.54) is 5.56 Å². The third kappa shape index (κ3) is 10.3. The van der Waals surface area contributed by atoms with E-state index in [1.807, 2.05) is 37.3 Å².